The quantitative estimate of drug-likeness (QED) is 0.513. The van der Waals surface area contributed by atoms with E-state index < -0.39 is 11.1 Å². The van der Waals surface area contributed by atoms with Crippen LogP contribution in [0, 0.1) is 0 Å². The lowest BCUT2D eigenvalue weighted by molar-refractivity contribution is -0.130. The average Bonchev–Trinajstić information content (AvgIpc) is 3.15. The molecule has 0 unspecified atom stereocenters. The van der Waals surface area contributed by atoms with Crippen LogP contribution in [0.3, 0.4) is 0 Å². The van der Waals surface area contributed by atoms with Crippen LogP contribution in [0.2, 0.25) is 0 Å². The fourth-order valence-electron chi connectivity index (χ4n) is 5.14. The van der Waals surface area contributed by atoms with Crippen molar-refractivity contribution in [2.45, 2.75) is 24.0 Å². The van der Waals surface area contributed by atoms with E-state index in [4.69, 9.17) is 0 Å². The molecule has 0 spiro atoms. The Labute approximate surface area is 212 Å². The number of hydrogen-bond acceptors (Lipinski definition) is 4. The molecule has 3 amide bonds. The van der Waals surface area contributed by atoms with E-state index in [1.165, 1.54) is 4.90 Å². The second-order valence-electron chi connectivity index (χ2n) is 9.11. The van der Waals surface area contributed by atoms with Gasteiger partial charge in [0.1, 0.15) is 0 Å². The molecule has 2 fully saturated rings. The van der Waals surface area contributed by atoms with Crippen LogP contribution in [0.15, 0.2) is 91.0 Å². The standard InChI is InChI=1S/C28H29N3O3.ClH/c32-25-28(23-12-6-2-7-13-23,24-14-8-3-9-15-24)29-26(33)31(25)21-20-30-18-16-27(34,17-19-30)22-10-4-1-5-11-22;/h1-15,34H,16-21H2,(H,29,33);1H. The molecular weight excluding hydrogens is 462 g/mol. The molecule has 0 aromatic heterocycles. The summed E-state index contributed by atoms with van der Waals surface area (Å²) in [5.74, 6) is -0.257. The van der Waals surface area contributed by atoms with Crippen molar-refractivity contribution < 1.29 is 14.7 Å². The Balaban J connectivity index is 0.00000289. The SMILES string of the molecule is Cl.O=C1NC(c2ccccc2)(c2ccccc2)C(=O)N1CCN1CCC(O)(c2ccccc2)CC1. The van der Waals surface area contributed by atoms with Gasteiger partial charge in [0.2, 0.25) is 0 Å². The highest BCUT2D eigenvalue weighted by Gasteiger charge is 2.53. The summed E-state index contributed by atoms with van der Waals surface area (Å²) in [4.78, 5) is 30.4. The largest absolute Gasteiger partial charge is 0.385 e. The minimum atomic E-state index is -1.23. The number of piperidine rings is 1. The molecule has 35 heavy (non-hydrogen) atoms. The van der Waals surface area contributed by atoms with Crippen LogP contribution in [-0.4, -0.2) is 53.0 Å². The number of hydrogen-bond donors (Lipinski definition) is 2. The molecule has 3 aromatic rings. The first kappa shape index (κ1) is 24.9. The molecule has 0 saturated carbocycles. The van der Waals surface area contributed by atoms with E-state index in [1.807, 2.05) is 91.0 Å². The Hall–Kier alpha value is -3.19. The molecule has 3 aromatic carbocycles. The number of nitrogens with zero attached hydrogens (tertiary/aromatic N) is 2. The zero-order valence-electron chi connectivity index (χ0n) is 19.5. The molecule has 0 bridgehead atoms. The molecule has 6 nitrogen and oxygen atoms in total. The summed E-state index contributed by atoms with van der Waals surface area (Å²) in [5, 5.41) is 14.1. The lowest BCUT2D eigenvalue weighted by Crippen LogP contribution is -2.47. The third kappa shape index (κ3) is 4.57. The Morgan fingerprint density at radius 2 is 1.17 bits per heavy atom. The summed E-state index contributed by atoms with van der Waals surface area (Å²) in [5.41, 5.74) is 0.379. The second kappa shape index (κ2) is 10.2. The van der Waals surface area contributed by atoms with Crippen molar-refractivity contribution in [3.8, 4) is 0 Å². The molecule has 2 aliphatic rings. The molecule has 2 aliphatic heterocycles. The van der Waals surface area contributed by atoms with Gasteiger partial charge in [0.15, 0.2) is 5.54 Å². The van der Waals surface area contributed by atoms with Crippen LogP contribution in [-0.2, 0) is 15.9 Å². The first-order valence-corrected chi connectivity index (χ1v) is 11.8. The van der Waals surface area contributed by atoms with Crippen molar-refractivity contribution in [3.05, 3.63) is 108 Å². The first-order chi connectivity index (χ1) is 16.5. The van der Waals surface area contributed by atoms with E-state index >= 15 is 0 Å². The predicted octanol–water partition coefficient (Wildman–Crippen LogP) is 3.89. The fraction of sp³-hybridized carbons (Fsp3) is 0.286. The predicted molar refractivity (Wildman–Crippen MR) is 137 cm³/mol. The highest BCUT2D eigenvalue weighted by Crippen LogP contribution is 2.36. The van der Waals surface area contributed by atoms with Crippen LogP contribution in [0.1, 0.15) is 29.5 Å². The summed E-state index contributed by atoms with van der Waals surface area (Å²) in [6, 6.07) is 28.2. The molecular formula is C28H30ClN3O3. The number of aliphatic hydroxyl groups is 1. The molecule has 7 heteroatoms. The van der Waals surface area contributed by atoms with Gasteiger partial charge >= 0.3 is 6.03 Å². The number of benzene rings is 3. The summed E-state index contributed by atoms with van der Waals surface area (Å²) in [6.45, 7) is 2.29. The molecule has 0 aliphatic carbocycles. The van der Waals surface area contributed by atoms with Gasteiger partial charge in [-0.05, 0) is 29.5 Å². The Bertz CT molecular complexity index is 1110. The van der Waals surface area contributed by atoms with E-state index in [2.05, 4.69) is 10.2 Å². The van der Waals surface area contributed by atoms with Crippen molar-refractivity contribution in [1.82, 2.24) is 15.1 Å². The number of carbonyl (C=O) groups excluding carboxylic acids is 2. The molecule has 5 rings (SSSR count). The zero-order valence-corrected chi connectivity index (χ0v) is 20.3. The highest BCUT2D eigenvalue weighted by atomic mass is 35.5. The summed E-state index contributed by atoms with van der Waals surface area (Å²) < 4.78 is 0. The monoisotopic (exact) mass is 491 g/mol. The molecule has 2 N–H and O–H groups in total. The minimum absolute atomic E-state index is 0. The Morgan fingerprint density at radius 1 is 0.714 bits per heavy atom. The van der Waals surface area contributed by atoms with E-state index in [-0.39, 0.29) is 24.3 Å². The highest BCUT2D eigenvalue weighted by molar-refractivity contribution is 6.09. The molecule has 182 valence electrons. The van der Waals surface area contributed by atoms with E-state index in [9.17, 15) is 14.7 Å². The first-order valence-electron chi connectivity index (χ1n) is 11.8. The topological polar surface area (TPSA) is 72.9 Å². The van der Waals surface area contributed by atoms with Gasteiger partial charge in [-0.25, -0.2) is 4.79 Å². The van der Waals surface area contributed by atoms with Gasteiger partial charge in [0.25, 0.3) is 5.91 Å². The van der Waals surface area contributed by atoms with Crippen LogP contribution in [0.5, 0.6) is 0 Å². The number of carbonyl (C=O) groups is 2. The van der Waals surface area contributed by atoms with Crippen LogP contribution < -0.4 is 5.32 Å². The van der Waals surface area contributed by atoms with Gasteiger partial charge in [0.05, 0.1) is 5.60 Å². The molecule has 2 saturated heterocycles. The van der Waals surface area contributed by atoms with Crippen LogP contribution in [0.25, 0.3) is 0 Å². The third-order valence-corrected chi connectivity index (χ3v) is 7.15. The molecule has 2 heterocycles. The number of halogens is 1. The van der Waals surface area contributed by atoms with Crippen molar-refractivity contribution in [2.24, 2.45) is 0 Å². The Kier molecular flexibility index (Phi) is 7.26. The second-order valence-corrected chi connectivity index (χ2v) is 9.11. The van der Waals surface area contributed by atoms with Gasteiger partial charge in [-0.15, -0.1) is 12.4 Å². The third-order valence-electron chi connectivity index (χ3n) is 7.15. The van der Waals surface area contributed by atoms with Crippen molar-refractivity contribution in [3.63, 3.8) is 0 Å². The fourth-order valence-corrected chi connectivity index (χ4v) is 5.14. The van der Waals surface area contributed by atoms with Gasteiger partial charge < -0.3 is 15.3 Å². The number of urea groups is 1. The van der Waals surface area contributed by atoms with Crippen LogP contribution >= 0.6 is 12.4 Å². The van der Waals surface area contributed by atoms with Gasteiger partial charge in [-0.3, -0.25) is 9.69 Å². The van der Waals surface area contributed by atoms with Crippen molar-refractivity contribution in [2.75, 3.05) is 26.2 Å². The average molecular weight is 492 g/mol. The van der Waals surface area contributed by atoms with Crippen molar-refractivity contribution >= 4 is 24.3 Å². The van der Waals surface area contributed by atoms with E-state index in [0.717, 1.165) is 16.7 Å². The lowest BCUT2D eigenvalue weighted by Gasteiger charge is -2.39. The van der Waals surface area contributed by atoms with Crippen molar-refractivity contribution in [1.29, 1.82) is 0 Å². The Morgan fingerprint density at radius 3 is 1.66 bits per heavy atom. The van der Waals surface area contributed by atoms with Gasteiger partial charge in [-0.1, -0.05) is 91.0 Å². The maximum absolute atomic E-state index is 13.8. The normalized spacial score (nSPS) is 19.2. The number of amides is 3. The zero-order chi connectivity index (χ0) is 23.6. The number of likely N-dealkylation sites (tertiary alicyclic amines) is 1. The summed E-state index contributed by atoms with van der Waals surface area (Å²) >= 11 is 0. The van der Waals surface area contributed by atoms with Gasteiger partial charge in [0, 0.05) is 26.2 Å². The molecule has 0 radical (unpaired) electrons. The number of imide groups is 1. The lowest BCUT2D eigenvalue weighted by atomic mass is 9.82. The van der Waals surface area contributed by atoms with Crippen LogP contribution in [0.4, 0.5) is 4.79 Å². The maximum atomic E-state index is 13.8. The van der Waals surface area contributed by atoms with Gasteiger partial charge in [-0.2, -0.15) is 0 Å². The number of nitrogens with one attached hydrogen (secondary N) is 1. The van der Waals surface area contributed by atoms with E-state index in [1.54, 1.807) is 0 Å². The summed E-state index contributed by atoms with van der Waals surface area (Å²) in [7, 11) is 0. The maximum Gasteiger partial charge on any atom is 0.325 e. The minimum Gasteiger partial charge on any atom is -0.385 e. The summed E-state index contributed by atoms with van der Waals surface area (Å²) in [6.07, 6.45) is 1.24. The smallest absolute Gasteiger partial charge is 0.325 e. The number of rotatable bonds is 6. The molecule has 0 atom stereocenters. The van der Waals surface area contributed by atoms with E-state index in [0.29, 0.717) is 39.0 Å².